The molecule has 0 atom stereocenters. The van der Waals surface area contributed by atoms with Gasteiger partial charge in [-0.25, -0.2) is 0 Å². The van der Waals surface area contributed by atoms with Gasteiger partial charge in [0.15, 0.2) is 0 Å². The summed E-state index contributed by atoms with van der Waals surface area (Å²) in [7, 11) is 0. The maximum absolute atomic E-state index is 12.2. The Balaban J connectivity index is 1.83. The van der Waals surface area contributed by atoms with E-state index in [2.05, 4.69) is 24.1 Å². The van der Waals surface area contributed by atoms with Crippen molar-refractivity contribution in [3.8, 4) is 0 Å². The molecule has 19 heavy (non-hydrogen) atoms. The molecule has 2 saturated heterocycles. The Labute approximate surface area is 115 Å². The fourth-order valence-corrected chi connectivity index (χ4v) is 2.94. The summed E-state index contributed by atoms with van der Waals surface area (Å²) >= 11 is 0. The van der Waals surface area contributed by atoms with Crippen LogP contribution in [0.1, 0.15) is 33.1 Å². The number of nitrogens with one attached hydrogen (secondary N) is 1. The number of nitrogens with zero attached hydrogens (tertiary/aromatic N) is 2. The van der Waals surface area contributed by atoms with Crippen LogP contribution in [0.25, 0.3) is 0 Å². The van der Waals surface area contributed by atoms with Gasteiger partial charge in [-0.15, -0.1) is 0 Å². The summed E-state index contributed by atoms with van der Waals surface area (Å²) in [4.78, 5) is 16.5. The molecule has 0 aromatic rings. The number of carbonyl (C=O) groups excluding carboxylic acids is 1. The SMILES string of the molecule is CC(C)N1CCC(O)(CC(=O)N2CCNCC2)CC1. The first-order valence-corrected chi connectivity index (χ1v) is 7.45. The largest absolute Gasteiger partial charge is 0.389 e. The van der Waals surface area contributed by atoms with E-state index in [-0.39, 0.29) is 5.91 Å². The predicted octanol–water partition coefficient (Wildman–Crippen LogP) is 0.0436. The summed E-state index contributed by atoms with van der Waals surface area (Å²) in [6, 6.07) is 0.522. The molecule has 0 bridgehead atoms. The van der Waals surface area contributed by atoms with Gasteiger partial charge in [0.1, 0.15) is 0 Å². The lowest BCUT2D eigenvalue weighted by atomic mass is 9.87. The van der Waals surface area contributed by atoms with Gasteiger partial charge in [0, 0.05) is 45.3 Å². The minimum Gasteiger partial charge on any atom is -0.389 e. The molecule has 0 aromatic carbocycles. The third-order valence-electron chi connectivity index (χ3n) is 4.41. The van der Waals surface area contributed by atoms with E-state index in [0.717, 1.165) is 39.3 Å². The highest BCUT2D eigenvalue weighted by Crippen LogP contribution is 2.27. The molecule has 2 aliphatic rings. The van der Waals surface area contributed by atoms with Gasteiger partial charge < -0.3 is 20.2 Å². The highest BCUT2D eigenvalue weighted by molar-refractivity contribution is 5.77. The van der Waals surface area contributed by atoms with Gasteiger partial charge in [0.05, 0.1) is 12.0 Å². The van der Waals surface area contributed by atoms with E-state index in [1.807, 2.05) is 4.90 Å². The van der Waals surface area contributed by atoms with Crippen molar-refractivity contribution < 1.29 is 9.90 Å². The molecule has 0 aromatic heterocycles. The van der Waals surface area contributed by atoms with Gasteiger partial charge in [0.2, 0.25) is 5.91 Å². The topological polar surface area (TPSA) is 55.8 Å². The molecule has 2 N–H and O–H groups in total. The monoisotopic (exact) mass is 269 g/mol. The first-order chi connectivity index (χ1) is 9.00. The number of piperidine rings is 1. The Morgan fingerprint density at radius 3 is 2.32 bits per heavy atom. The van der Waals surface area contributed by atoms with Crippen molar-refractivity contribution in [1.29, 1.82) is 0 Å². The Bertz CT molecular complexity index is 306. The lowest BCUT2D eigenvalue weighted by Crippen LogP contribution is -2.51. The van der Waals surface area contributed by atoms with Crippen LogP contribution < -0.4 is 5.32 Å². The summed E-state index contributed by atoms with van der Waals surface area (Å²) in [5.41, 5.74) is -0.784. The van der Waals surface area contributed by atoms with Crippen molar-refractivity contribution in [2.45, 2.75) is 44.8 Å². The van der Waals surface area contributed by atoms with Gasteiger partial charge >= 0.3 is 0 Å². The van der Waals surface area contributed by atoms with Gasteiger partial charge in [-0.05, 0) is 26.7 Å². The number of likely N-dealkylation sites (tertiary alicyclic amines) is 1. The highest BCUT2D eigenvalue weighted by atomic mass is 16.3. The van der Waals surface area contributed by atoms with Crippen LogP contribution in [0.15, 0.2) is 0 Å². The minimum absolute atomic E-state index is 0.113. The third kappa shape index (κ3) is 3.91. The Kier molecular flexibility index (Phi) is 4.81. The average Bonchev–Trinajstić information content (AvgIpc) is 2.40. The Hall–Kier alpha value is -0.650. The third-order valence-corrected chi connectivity index (χ3v) is 4.41. The highest BCUT2D eigenvalue weighted by Gasteiger charge is 2.36. The fourth-order valence-electron chi connectivity index (χ4n) is 2.94. The predicted molar refractivity (Wildman–Crippen MR) is 75.0 cm³/mol. The standard InChI is InChI=1S/C14H27N3O2/c1-12(2)16-7-3-14(19,4-8-16)11-13(18)17-9-5-15-6-10-17/h12,15,19H,3-11H2,1-2H3. The maximum Gasteiger partial charge on any atom is 0.225 e. The second-order valence-corrected chi connectivity index (χ2v) is 6.16. The second-order valence-electron chi connectivity index (χ2n) is 6.16. The molecule has 2 rings (SSSR count). The van der Waals surface area contributed by atoms with E-state index in [1.54, 1.807) is 0 Å². The maximum atomic E-state index is 12.2. The normalized spacial score (nSPS) is 24.7. The van der Waals surface area contributed by atoms with Crippen molar-refractivity contribution >= 4 is 5.91 Å². The van der Waals surface area contributed by atoms with Crippen LogP contribution in [0.2, 0.25) is 0 Å². The fraction of sp³-hybridized carbons (Fsp3) is 0.929. The molecule has 5 heteroatoms. The number of hydrogen-bond donors (Lipinski definition) is 2. The first kappa shape index (κ1) is 14.8. The molecule has 0 unspecified atom stereocenters. The molecule has 0 saturated carbocycles. The molecule has 2 aliphatic heterocycles. The molecule has 2 fully saturated rings. The summed E-state index contributed by atoms with van der Waals surface area (Å²) < 4.78 is 0. The van der Waals surface area contributed by atoms with Gasteiger partial charge in [-0.3, -0.25) is 4.79 Å². The van der Waals surface area contributed by atoms with Crippen LogP contribution in [-0.4, -0.2) is 71.7 Å². The van der Waals surface area contributed by atoms with Crippen molar-refractivity contribution in [2.24, 2.45) is 0 Å². The Morgan fingerprint density at radius 1 is 1.21 bits per heavy atom. The molecule has 5 nitrogen and oxygen atoms in total. The van der Waals surface area contributed by atoms with Crippen LogP contribution >= 0.6 is 0 Å². The van der Waals surface area contributed by atoms with Crippen LogP contribution in [0.5, 0.6) is 0 Å². The lowest BCUT2D eigenvalue weighted by molar-refractivity contribution is -0.139. The van der Waals surface area contributed by atoms with E-state index < -0.39 is 5.60 Å². The molecule has 110 valence electrons. The molecular formula is C14H27N3O2. The summed E-state index contributed by atoms with van der Waals surface area (Å²) in [5.74, 6) is 0.113. The molecule has 1 amide bonds. The van der Waals surface area contributed by atoms with E-state index in [0.29, 0.717) is 25.3 Å². The molecule has 0 radical (unpaired) electrons. The quantitative estimate of drug-likeness (QED) is 0.760. The molecular weight excluding hydrogens is 242 g/mol. The molecule has 2 heterocycles. The molecule has 0 spiro atoms. The lowest BCUT2D eigenvalue weighted by Gasteiger charge is -2.40. The number of amides is 1. The van der Waals surface area contributed by atoms with Crippen molar-refractivity contribution in [2.75, 3.05) is 39.3 Å². The number of carbonyl (C=O) groups is 1. The number of hydrogen-bond acceptors (Lipinski definition) is 4. The summed E-state index contributed by atoms with van der Waals surface area (Å²) in [5, 5.41) is 13.8. The zero-order chi connectivity index (χ0) is 13.9. The van der Waals surface area contributed by atoms with Crippen LogP contribution in [-0.2, 0) is 4.79 Å². The van der Waals surface area contributed by atoms with Crippen LogP contribution in [0, 0.1) is 0 Å². The van der Waals surface area contributed by atoms with Gasteiger partial charge in [-0.1, -0.05) is 0 Å². The zero-order valence-corrected chi connectivity index (χ0v) is 12.2. The number of aliphatic hydroxyl groups is 1. The Morgan fingerprint density at radius 2 is 1.79 bits per heavy atom. The van der Waals surface area contributed by atoms with E-state index in [9.17, 15) is 9.90 Å². The number of rotatable bonds is 3. The summed E-state index contributed by atoms with van der Waals surface area (Å²) in [6.45, 7) is 9.41. The van der Waals surface area contributed by atoms with Crippen LogP contribution in [0.3, 0.4) is 0 Å². The second kappa shape index (κ2) is 6.20. The van der Waals surface area contributed by atoms with Gasteiger partial charge in [-0.2, -0.15) is 0 Å². The first-order valence-electron chi connectivity index (χ1n) is 7.45. The average molecular weight is 269 g/mol. The van der Waals surface area contributed by atoms with Crippen molar-refractivity contribution in [3.63, 3.8) is 0 Å². The summed E-state index contributed by atoms with van der Waals surface area (Å²) in [6.07, 6.45) is 1.71. The smallest absolute Gasteiger partial charge is 0.225 e. The van der Waals surface area contributed by atoms with E-state index in [4.69, 9.17) is 0 Å². The number of piperazine rings is 1. The van der Waals surface area contributed by atoms with Crippen molar-refractivity contribution in [3.05, 3.63) is 0 Å². The van der Waals surface area contributed by atoms with E-state index >= 15 is 0 Å². The van der Waals surface area contributed by atoms with E-state index in [1.165, 1.54) is 0 Å². The van der Waals surface area contributed by atoms with Crippen molar-refractivity contribution in [1.82, 2.24) is 15.1 Å². The molecule has 0 aliphatic carbocycles. The van der Waals surface area contributed by atoms with Crippen LogP contribution in [0.4, 0.5) is 0 Å². The zero-order valence-electron chi connectivity index (χ0n) is 12.2. The van der Waals surface area contributed by atoms with Gasteiger partial charge in [0.25, 0.3) is 0 Å². The minimum atomic E-state index is -0.784.